The van der Waals surface area contributed by atoms with Crippen LogP contribution in [0.4, 0.5) is 5.69 Å². The number of anilines is 1. The minimum absolute atomic E-state index is 0.416. The van der Waals surface area contributed by atoms with Crippen LogP contribution in [0.3, 0.4) is 0 Å². The number of hydrogen-bond donors (Lipinski definition) is 1. The highest BCUT2D eigenvalue weighted by molar-refractivity contribution is 5.95. The van der Waals surface area contributed by atoms with Crippen molar-refractivity contribution in [2.24, 2.45) is 0 Å². The summed E-state index contributed by atoms with van der Waals surface area (Å²) >= 11 is 0. The first-order valence-corrected chi connectivity index (χ1v) is 6.82. The van der Waals surface area contributed by atoms with Crippen LogP contribution in [0.15, 0.2) is 18.2 Å². The number of carboxylic acid groups (broad SMARTS) is 1. The summed E-state index contributed by atoms with van der Waals surface area (Å²) in [4.78, 5) is 16.0. The van der Waals surface area contributed by atoms with E-state index >= 15 is 0 Å². The van der Waals surface area contributed by atoms with E-state index in [-0.39, 0.29) is 0 Å². The normalized spacial score (nSPS) is 20.6. The second-order valence-corrected chi connectivity index (χ2v) is 5.26. The average molecular weight is 262 g/mol. The molecule has 1 atom stereocenters. The van der Waals surface area contributed by atoms with Crippen molar-refractivity contribution in [2.75, 3.05) is 31.6 Å². The molecule has 1 aliphatic heterocycles. The topological polar surface area (TPSA) is 43.8 Å². The molecule has 0 bridgehead atoms. The van der Waals surface area contributed by atoms with Crippen molar-refractivity contribution in [3.8, 4) is 0 Å². The molecule has 1 aromatic rings. The van der Waals surface area contributed by atoms with E-state index in [0.29, 0.717) is 11.6 Å². The van der Waals surface area contributed by atoms with Crippen LogP contribution < -0.4 is 4.90 Å². The van der Waals surface area contributed by atoms with Crippen molar-refractivity contribution in [2.45, 2.75) is 26.3 Å². The molecule has 0 aliphatic carbocycles. The monoisotopic (exact) mass is 262 g/mol. The van der Waals surface area contributed by atoms with Gasteiger partial charge in [-0.3, -0.25) is 4.90 Å². The molecule has 0 amide bonds. The van der Waals surface area contributed by atoms with Gasteiger partial charge in [0.25, 0.3) is 0 Å². The number of nitrogens with zero attached hydrogens (tertiary/aromatic N) is 2. The summed E-state index contributed by atoms with van der Waals surface area (Å²) < 4.78 is 0. The lowest BCUT2D eigenvalue weighted by Crippen LogP contribution is -2.51. The molecular formula is C15H22N2O2. The second kappa shape index (κ2) is 5.61. The summed E-state index contributed by atoms with van der Waals surface area (Å²) in [5, 5.41) is 9.36. The average Bonchev–Trinajstić information content (AvgIpc) is 2.39. The van der Waals surface area contributed by atoms with Crippen LogP contribution in [-0.2, 0) is 0 Å². The molecule has 4 heteroatoms. The lowest BCUT2D eigenvalue weighted by molar-refractivity contribution is 0.0697. The van der Waals surface area contributed by atoms with E-state index in [0.717, 1.165) is 37.3 Å². The Kier molecular flexibility index (Phi) is 4.10. The fraction of sp³-hybridized carbons (Fsp3) is 0.533. The predicted molar refractivity (Wildman–Crippen MR) is 77.1 cm³/mol. The number of rotatable bonds is 3. The van der Waals surface area contributed by atoms with Crippen molar-refractivity contribution < 1.29 is 9.90 Å². The Morgan fingerprint density at radius 3 is 2.79 bits per heavy atom. The predicted octanol–water partition coefficient (Wildman–Crippen LogP) is 2.22. The van der Waals surface area contributed by atoms with Crippen LogP contribution in [0.1, 0.15) is 29.3 Å². The number of piperazine rings is 1. The Morgan fingerprint density at radius 1 is 1.42 bits per heavy atom. The van der Waals surface area contributed by atoms with Gasteiger partial charge in [-0.05, 0) is 32.0 Å². The molecule has 0 aromatic heterocycles. The molecule has 4 nitrogen and oxygen atoms in total. The minimum atomic E-state index is -0.842. The van der Waals surface area contributed by atoms with Gasteiger partial charge in [0.2, 0.25) is 0 Å². The van der Waals surface area contributed by atoms with Crippen LogP contribution in [-0.4, -0.2) is 48.7 Å². The van der Waals surface area contributed by atoms with E-state index in [4.69, 9.17) is 0 Å². The number of carboxylic acids is 1. The standard InChI is InChI=1S/C15H22N2O2/c1-4-12-10-17(9-8-16(12)3)14-11(2)6-5-7-13(14)15(18)19/h5-7,12H,4,8-10H2,1-3H3,(H,18,19). The molecule has 0 radical (unpaired) electrons. The van der Waals surface area contributed by atoms with Gasteiger partial charge in [-0.2, -0.15) is 0 Å². The van der Waals surface area contributed by atoms with Crippen molar-refractivity contribution in [1.82, 2.24) is 4.90 Å². The molecule has 104 valence electrons. The van der Waals surface area contributed by atoms with Gasteiger partial charge in [0.1, 0.15) is 0 Å². The highest BCUT2D eigenvalue weighted by Crippen LogP contribution is 2.27. The van der Waals surface area contributed by atoms with Crippen LogP contribution in [0.25, 0.3) is 0 Å². The van der Waals surface area contributed by atoms with Gasteiger partial charge >= 0.3 is 5.97 Å². The number of benzene rings is 1. The molecule has 2 rings (SSSR count). The fourth-order valence-electron chi connectivity index (χ4n) is 2.84. The van der Waals surface area contributed by atoms with Crippen LogP contribution >= 0.6 is 0 Å². The van der Waals surface area contributed by atoms with Gasteiger partial charge in [0.15, 0.2) is 0 Å². The van der Waals surface area contributed by atoms with Gasteiger partial charge in [-0.15, -0.1) is 0 Å². The van der Waals surface area contributed by atoms with Crippen molar-refractivity contribution >= 4 is 11.7 Å². The Balaban J connectivity index is 2.34. The van der Waals surface area contributed by atoms with Crippen molar-refractivity contribution in [1.29, 1.82) is 0 Å². The lowest BCUT2D eigenvalue weighted by atomic mass is 10.0. The lowest BCUT2D eigenvalue weighted by Gasteiger charge is -2.41. The molecule has 19 heavy (non-hydrogen) atoms. The maximum atomic E-state index is 11.4. The summed E-state index contributed by atoms with van der Waals surface area (Å²) in [6.07, 6.45) is 1.08. The summed E-state index contributed by atoms with van der Waals surface area (Å²) in [7, 11) is 2.14. The summed E-state index contributed by atoms with van der Waals surface area (Å²) in [5.74, 6) is -0.842. The minimum Gasteiger partial charge on any atom is -0.478 e. The first kappa shape index (κ1) is 13.9. The van der Waals surface area contributed by atoms with Gasteiger partial charge in [0, 0.05) is 25.7 Å². The molecule has 1 heterocycles. The van der Waals surface area contributed by atoms with Crippen molar-refractivity contribution in [3.05, 3.63) is 29.3 Å². The quantitative estimate of drug-likeness (QED) is 0.907. The zero-order chi connectivity index (χ0) is 14.0. The van der Waals surface area contributed by atoms with E-state index in [1.165, 1.54) is 0 Å². The fourth-order valence-corrected chi connectivity index (χ4v) is 2.84. The molecule has 1 aliphatic rings. The Bertz CT molecular complexity index is 473. The highest BCUT2D eigenvalue weighted by Gasteiger charge is 2.26. The third kappa shape index (κ3) is 2.73. The van der Waals surface area contributed by atoms with E-state index in [2.05, 4.69) is 23.8 Å². The molecule has 0 saturated carbocycles. The Labute approximate surface area is 114 Å². The van der Waals surface area contributed by atoms with Crippen LogP contribution in [0.2, 0.25) is 0 Å². The summed E-state index contributed by atoms with van der Waals surface area (Å²) in [6.45, 7) is 6.93. The first-order chi connectivity index (χ1) is 9.04. The number of likely N-dealkylation sites (N-methyl/N-ethyl adjacent to an activating group) is 1. The van der Waals surface area contributed by atoms with Crippen LogP contribution in [0.5, 0.6) is 0 Å². The number of carbonyl (C=O) groups is 1. The highest BCUT2D eigenvalue weighted by atomic mass is 16.4. The number of para-hydroxylation sites is 1. The van der Waals surface area contributed by atoms with Gasteiger partial charge < -0.3 is 10.0 Å². The third-order valence-corrected chi connectivity index (χ3v) is 4.03. The van der Waals surface area contributed by atoms with E-state index in [1.54, 1.807) is 6.07 Å². The van der Waals surface area contributed by atoms with Gasteiger partial charge in [0.05, 0.1) is 11.3 Å². The maximum Gasteiger partial charge on any atom is 0.337 e. The molecular weight excluding hydrogens is 240 g/mol. The molecule has 1 fully saturated rings. The number of aryl methyl sites for hydroxylation is 1. The summed E-state index contributed by atoms with van der Waals surface area (Å²) in [5.41, 5.74) is 2.35. The zero-order valence-electron chi connectivity index (χ0n) is 11.9. The molecule has 0 spiro atoms. The van der Waals surface area contributed by atoms with E-state index < -0.39 is 5.97 Å². The smallest absolute Gasteiger partial charge is 0.337 e. The number of aromatic carboxylic acids is 1. The van der Waals surface area contributed by atoms with Gasteiger partial charge in [-0.1, -0.05) is 19.1 Å². The zero-order valence-corrected chi connectivity index (χ0v) is 11.9. The van der Waals surface area contributed by atoms with E-state index in [1.807, 2.05) is 19.1 Å². The first-order valence-electron chi connectivity index (χ1n) is 6.82. The van der Waals surface area contributed by atoms with Gasteiger partial charge in [-0.25, -0.2) is 4.79 Å². The second-order valence-electron chi connectivity index (χ2n) is 5.26. The Hall–Kier alpha value is -1.55. The van der Waals surface area contributed by atoms with E-state index in [9.17, 15) is 9.90 Å². The molecule has 1 N–H and O–H groups in total. The largest absolute Gasteiger partial charge is 0.478 e. The summed E-state index contributed by atoms with van der Waals surface area (Å²) in [6, 6.07) is 6.00. The third-order valence-electron chi connectivity index (χ3n) is 4.03. The molecule has 1 aromatic carbocycles. The molecule has 1 unspecified atom stereocenters. The SMILES string of the molecule is CCC1CN(c2c(C)cccc2C(=O)O)CCN1C. The molecule has 1 saturated heterocycles. The maximum absolute atomic E-state index is 11.4. The number of hydrogen-bond acceptors (Lipinski definition) is 3. The van der Waals surface area contributed by atoms with Crippen molar-refractivity contribution in [3.63, 3.8) is 0 Å². The van der Waals surface area contributed by atoms with Crippen LogP contribution in [0, 0.1) is 6.92 Å². The Morgan fingerprint density at radius 2 is 2.16 bits per heavy atom.